The number of imidazole rings is 1. The highest BCUT2D eigenvalue weighted by Crippen LogP contribution is 2.16. The number of hydrogen-bond donors (Lipinski definition) is 3. The summed E-state index contributed by atoms with van der Waals surface area (Å²) in [5, 5.41) is 8.80. The van der Waals surface area contributed by atoms with Crippen LogP contribution in [0.25, 0.3) is 0 Å². The number of H-pyrrole nitrogens is 1. The van der Waals surface area contributed by atoms with E-state index in [1.54, 1.807) is 0 Å². The van der Waals surface area contributed by atoms with Crippen molar-refractivity contribution in [2.24, 2.45) is 0 Å². The normalized spacial score (nSPS) is 11.4. The van der Waals surface area contributed by atoms with Crippen LogP contribution in [0.3, 0.4) is 0 Å². The fourth-order valence-electron chi connectivity index (χ4n) is 1.47. The second kappa shape index (κ2) is 5.39. The summed E-state index contributed by atoms with van der Waals surface area (Å²) in [4.78, 5) is 16.5. The summed E-state index contributed by atoms with van der Waals surface area (Å²) in [6, 6.07) is 2.56. The molecule has 0 aliphatic rings. The van der Waals surface area contributed by atoms with Crippen LogP contribution in [0.5, 0.6) is 0 Å². The van der Waals surface area contributed by atoms with Crippen molar-refractivity contribution in [2.75, 3.05) is 0 Å². The molecule has 0 radical (unpaired) electrons. The Morgan fingerprint density at radius 2 is 2.20 bits per heavy atom. The minimum atomic E-state index is -4.16. The molecule has 106 valence electrons. The molecule has 3 N–H and O–H groups in total. The van der Waals surface area contributed by atoms with E-state index in [1.165, 1.54) is 12.5 Å². The number of halogens is 1. The van der Waals surface area contributed by atoms with Gasteiger partial charge >= 0.3 is 5.97 Å². The van der Waals surface area contributed by atoms with Crippen molar-refractivity contribution in [3.8, 4) is 0 Å². The zero-order valence-electron chi connectivity index (χ0n) is 10.00. The highest BCUT2D eigenvalue weighted by molar-refractivity contribution is 7.89. The number of carboxylic acids is 1. The zero-order chi connectivity index (χ0) is 14.8. The first-order chi connectivity index (χ1) is 9.40. The van der Waals surface area contributed by atoms with Gasteiger partial charge in [-0.05, 0) is 18.2 Å². The fraction of sp³-hybridized carbons (Fsp3) is 0.0909. The van der Waals surface area contributed by atoms with Crippen LogP contribution in [0.2, 0.25) is 0 Å². The van der Waals surface area contributed by atoms with Gasteiger partial charge in [-0.3, -0.25) is 0 Å². The van der Waals surface area contributed by atoms with Gasteiger partial charge in [0, 0.05) is 11.9 Å². The quantitative estimate of drug-likeness (QED) is 0.753. The predicted molar refractivity (Wildman–Crippen MR) is 66.0 cm³/mol. The Bertz CT molecular complexity index is 728. The molecule has 0 spiro atoms. The SMILES string of the molecule is O=C(O)c1ccc(F)c(S(=O)(=O)NCc2cnc[nH]2)c1. The molecule has 0 aliphatic carbocycles. The number of carbonyl (C=O) groups is 1. The molecule has 2 rings (SSSR count). The molecule has 1 aromatic carbocycles. The second-order valence-electron chi connectivity index (χ2n) is 3.85. The summed E-state index contributed by atoms with van der Waals surface area (Å²) in [5.74, 6) is -2.36. The van der Waals surface area contributed by atoms with Gasteiger partial charge in [0.05, 0.1) is 18.4 Å². The Balaban J connectivity index is 2.28. The third-order valence-corrected chi connectivity index (χ3v) is 3.89. The van der Waals surface area contributed by atoms with E-state index in [-0.39, 0.29) is 12.1 Å². The molecule has 1 aromatic heterocycles. The van der Waals surface area contributed by atoms with Gasteiger partial charge in [0.2, 0.25) is 10.0 Å². The molecule has 9 heteroatoms. The van der Waals surface area contributed by atoms with E-state index in [0.29, 0.717) is 5.69 Å². The lowest BCUT2D eigenvalue weighted by Gasteiger charge is -2.07. The standard InChI is InChI=1S/C11H10FN3O4S/c12-9-2-1-7(11(16)17)3-10(9)20(18,19)15-5-8-4-13-6-14-8/h1-4,6,15H,5H2,(H,13,14)(H,16,17). The minimum Gasteiger partial charge on any atom is -0.478 e. The van der Waals surface area contributed by atoms with E-state index in [4.69, 9.17) is 5.11 Å². The number of sulfonamides is 1. The molecule has 0 unspecified atom stereocenters. The lowest BCUT2D eigenvalue weighted by molar-refractivity contribution is 0.0696. The largest absolute Gasteiger partial charge is 0.478 e. The average Bonchev–Trinajstić information content (AvgIpc) is 2.89. The number of aromatic carboxylic acids is 1. The van der Waals surface area contributed by atoms with E-state index < -0.39 is 26.7 Å². The predicted octanol–water partition coefficient (Wildman–Crippen LogP) is 0.726. The molecule has 0 amide bonds. The molecule has 20 heavy (non-hydrogen) atoms. The molecule has 0 atom stereocenters. The average molecular weight is 299 g/mol. The van der Waals surface area contributed by atoms with E-state index in [2.05, 4.69) is 14.7 Å². The van der Waals surface area contributed by atoms with Crippen LogP contribution < -0.4 is 4.72 Å². The Morgan fingerprint density at radius 3 is 2.80 bits per heavy atom. The topological polar surface area (TPSA) is 112 Å². The van der Waals surface area contributed by atoms with Gasteiger partial charge in [0.25, 0.3) is 0 Å². The lowest BCUT2D eigenvalue weighted by atomic mass is 10.2. The van der Waals surface area contributed by atoms with Gasteiger partial charge in [0.1, 0.15) is 10.7 Å². The summed E-state index contributed by atoms with van der Waals surface area (Å²) in [5.41, 5.74) is 0.177. The van der Waals surface area contributed by atoms with Crippen molar-refractivity contribution in [1.82, 2.24) is 14.7 Å². The van der Waals surface area contributed by atoms with E-state index >= 15 is 0 Å². The van der Waals surface area contributed by atoms with E-state index in [9.17, 15) is 17.6 Å². The molecule has 0 fully saturated rings. The van der Waals surface area contributed by atoms with Crippen LogP contribution >= 0.6 is 0 Å². The molecule has 0 bridgehead atoms. The molecule has 0 saturated heterocycles. The van der Waals surface area contributed by atoms with Gasteiger partial charge in [-0.15, -0.1) is 0 Å². The van der Waals surface area contributed by atoms with Crippen molar-refractivity contribution in [1.29, 1.82) is 0 Å². The maximum absolute atomic E-state index is 13.6. The Labute approximate surface area is 113 Å². The van der Waals surface area contributed by atoms with Crippen LogP contribution in [0.1, 0.15) is 16.1 Å². The van der Waals surface area contributed by atoms with Crippen LogP contribution in [0.4, 0.5) is 4.39 Å². The highest BCUT2D eigenvalue weighted by Gasteiger charge is 2.21. The molecule has 7 nitrogen and oxygen atoms in total. The number of carboxylic acid groups (broad SMARTS) is 1. The summed E-state index contributed by atoms with van der Waals surface area (Å²) in [7, 11) is -4.16. The Morgan fingerprint density at radius 1 is 1.45 bits per heavy atom. The maximum atomic E-state index is 13.6. The van der Waals surface area contributed by atoms with Crippen molar-refractivity contribution in [3.63, 3.8) is 0 Å². The second-order valence-corrected chi connectivity index (χ2v) is 5.59. The summed E-state index contributed by atoms with van der Waals surface area (Å²) < 4.78 is 39.6. The third-order valence-electron chi connectivity index (χ3n) is 2.48. The lowest BCUT2D eigenvalue weighted by Crippen LogP contribution is -2.24. The van der Waals surface area contributed by atoms with Crippen molar-refractivity contribution in [3.05, 3.63) is 47.8 Å². The Hall–Kier alpha value is -2.26. The number of benzene rings is 1. The zero-order valence-corrected chi connectivity index (χ0v) is 10.8. The fourth-order valence-corrected chi connectivity index (χ4v) is 2.58. The summed E-state index contributed by atoms with van der Waals surface area (Å²) in [6.07, 6.45) is 2.78. The first-order valence-electron chi connectivity index (χ1n) is 5.40. The number of aromatic amines is 1. The highest BCUT2D eigenvalue weighted by atomic mass is 32.2. The monoisotopic (exact) mass is 299 g/mol. The first kappa shape index (κ1) is 14.2. The van der Waals surface area contributed by atoms with Crippen molar-refractivity contribution < 1.29 is 22.7 Å². The third kappa shape index (κ3) is 3.00. The van der Waals surface area contributed by atoms with Gasteiger partial charge in [0.15, 0.2) is 0 Å². The number of rotatable bonds is 5. The number of hydrogen-bond acceptors (Lipinski definition) is 4. The summed E-state index contributed by atoms with van der Waals surface area (Å²) in [6.45, 7) is -0.112. The molecule has 1 heterocycles. The molecular formula is C11H10FN3O4S. The maximum Gasteiger partial charge on any atom is 0.335 e. The van der Waals surface area contributed by atoms with Crippen molar-refractivity contribution in [2.45, 2.75) is 11.4 Å². The number of nitrogens with zero attached hydrogens (tertiary/aromatic N) is 1. The van der Waals surface area contributed by atoms with Crippen LogP contribution in [0, 0.1) is 5.82 Å². The molecular weight excluding hydrogens is 289 g/mol. The van der Waals surface area contributed by atoms with Gasteiger partial charge in [-0.1, -0.05) is 0 Å². The van der Waals surface area contributed by atoms with Gasteiger partial charge in [-0.2, -0.15) is 0 Å². The van der Waals surface area contributed by atoms with Crippen LogP contribution in [-0.4, -0.2) is 29.5 Å². The van der Waals surface area contributed by atoms with Gasteiger partial charge in [-0.25, -0.2) is 27.3 Å². The van der Waals surface area contributed by atoms with E-state index in [0.717, 1.165) is 18.2 Å². The smallest absolute Gasteiger partial charge is 0.335 e. The number of aromatic nitrogens is 2. The van der Waals surface area contributed by atoms with Crippen molar-refractivity contribution >= 4 is 16.0 Å². The molecule has 0 aliphatic heterocycles. The van der Waals surface area contributed by atoms with Crippen LogP contribution in [-0.2, 0) is 16.6 Å². The van der Waals surface area contributed by atoms with Gasteiger partial charge < -0.3 is 10.1 Å². The molecule has 0 saturated carbocycles. The number of nitrogens with one attached hydrogen (secondary N) is 2. The Kier molecular flexibility index (Phi) is 3.81. The summed E-state index contributed by atoms with van der Waals surface area (Å²) >= 11 is 0. The molecule has 2 aromatic rings. The van der Waals surface area contributed by atoms with Crippen LogP contribution in [0.15, 0.2) is 35.6 Å². The van der Waals surface area contributed by atoms with E-state index in [1.807, 2.05) is 0 Å². The first-order valence-corrected chi connectivity index (χ1v) is 6.88. The minimum absolute atomic E-state index is 0.112.